The fourth-order valence-corrected chi connectivity index (χ4v) is 5.50. The Morgan fingerprint density at radius 1 is 1.19 bits per heavy atom. The third kappa shape index (κ3) is 4.55. The molecule has 3 atom stereocenters. The molecule has 1 aromatic carbocycles. The summed E-state index contributed by atoms with van der Waals surface area (Å²) in [6.45, 7) is 4.54. The minimum atomic E-state index is -0.471. The van der Waals surface area contributed by atoms with Crippen molar-refractivity contribution in [2.75, 3.05) is 41.4 Å². The number of nitrogens with zero attached hydrogens (tertiary/aromatic N) is 6. The highest BCUT2D eigenvalue weighted by Crippen LogP contribution is 2.51. The highest BCUT2D eigenvalue weighted by Gasteiger charge is 2.53. The highest BCUT2D eigenvalue weighted by atomic mass is 19.1. The number of aromatic nitrogens is 4. The van der Waals surface area contributed by atoms with E-state index in [0.29, 0.717) is 55.4 Å². The Morgan fingerprint density at radius 2 is 1.97 bits per heavy atom. The van der Waals surface area contributed by atoms with Crippen LogP contribution in [0.15, 0.2) is 36.7 Å². The predicted molar refractivity (Wildman–Crippen MR) is 137 cm³/mol. The maximum Gasteiger partial charge on any atom is 0.319 e. The van der Waals surface area contributed by atoms with Crippen LogP contribution in [0.25, 0.3) is 11.4 Å². The molecule has 192 valence electrons. The summed E-state index contributed by atoms with van der Waals surface area (Å²) in [6, 6.07) is 7.25. The van der Waals surface area contributed by atoms with Gasteiger partial charge in [-0.3, -0.25) is 0 Å². The average Bonchev–Trinajstić information content (AvgIpc) is 3.58. The van der Waals surface area contributed by atoms with Gasteiger partial charge in [-0.1, -0.05) is 0 Å². The van der Waals surface area contributed by atoms with E-state index in [4.69, 9.17) is 9.97 Å². The van der Waals surface area contributed by atoms with Gasteiger partial charge in [0.05, 0.1) is 37.3 Å². The molecule has 3 N–H and O–H groups in total. The van der Waals surface area contributed by atoms with Crippen molar-refractivity contribution < 1.29 is 14.3 Å². The second-order valence-corrected chi connectivity index (χ2v) is 9.79. The number of urea groups is 1. The minimum Gasteiger partial charge on any atom is -0.394 e. The van der Waals surface area contributed by atoms with Crippen LogP contribution in [0.2, 0.25) is 0 Å². The number of rotatable bonds is 6. The fraction of sp³-hybridized carbons (Fsp3) is 0.423. The van der Waals surface area contributed by atoms with Crippen molar-refractivity contribution in [2.24, 2.45) is 11.8 Å². The first-order valence-electron chi connectivity index (χ1n) is 12.7. The lowest BCUT2D eigenvalue weighted by Crippen LogP contribution is -2.39. The zero-order valence-corrected chi connectivity index (χ0v) is 20.6. The number of carbonyl (C=O) groups excluding carboxylic acids is 1. The summed E-state index contributed by atoms with van der Waals surface area (Å²) in [7, 11) is 0. The Morgan fingerprint density at radius 3 is 2.70 bits per heavy atom. The van der Waals surface area contributed by atoms with E-state index in [2.05, 4.69) is 25.5 Å². The van der Waals surface area contributed by atoms with Gasteiger partial charge in [-0.25, -0.2) is 29.1 Å². The molecule has 2 aliphatic heterocycles. The maximum atomic E-state index is 13.4. The standard InChI is InChI=1S/C26H29FN8O2/c1-2-28-26(37)31-18-5-3-15(4-6-18)23-32-21-13-34(25-29-10-17(27)11-30-25)8-7-19(21)24(33-23)35-12-16-9-20(16)22(35)14-36/h3-6,10-11,16,20,22,36H,2,7-9,12-14H2,1H3,(H2,28,31,37). The first-order chi connectivity index (χ1) is 18.0. The zero-order chi connectivity index (χ0) is 25.5. The molecular formula is C26H29FN8O2. The number of anilines is 3. The van der Waals surface area contributed by atoms with Crippen LogP contribution < -0.4 is 20.4 Å². The number of halogens is 1. The molecule has 11 heteroatoms. The lowest BCUT2D eigenvalue weighted by molar-refractivity contribution is 0.252. The van der Waals surface area contributed by atoms with E-state index in [1.54, 1.807) is 0 Å². The molecule has 1 aliphatic carbocycles. The predicted octanol–water partition coefficient (Wildman–Crippen LogP) is 2.59. The smallest absolute Gasteiger partial charge is 0.319 e. The van der Waals surface area contributed by atoms with Gasteiger partial charge in [0.25, 0.3) is 0 Å². The van der Waals surface area contributed by atoms with E-state index in [-0.39, 0.29) is 18.7 Å². The van der Waals surface area contributed by atoms with Crippen LogP contribution >= 0.6 is 0 Å². The van der Waals surface area contributed by atoms with Crippen LogP contribution in [-0.4, -0.2) is 63.4 Å². The van der Waals surface area contributed by atoms with Crippen molar-refractivity contribution >= 4 is 23.5 Å². The second kappa shape index (κ2) is 9.55. The average molecular weight is 505 g/mol. The van der Waals surface area contributed by atoms with Crippen molar-refractivity contribution in [3.05, 3.63) is 53.7 Å². The normalized spacial score (nSPS) is 21.9. The summed E-state index contributed by atoms with van der Waals surface area (Å²) in [5.41, 5.74) is 3.45. The molecule has 4 heterocycles. The SMILES string of the molecule is CCNC(=O)Nc1ccc(-c2nc3c(c(N4CC5CC5C4CO)n2)CCN(c2ncc(F)cn2)C3)cc1. The van der Waals surface area contributed by atoms with Crippen LogP contribution in [0.1, 0.15) is 24.6 Å². The van der Waals surface area contributed by atoms with Crippen LogP contribution in [0.5, 0.6) is 0 Å². The summed E-state index contributed by atoms with van der Waals surface area (Å²) in [6.07, 6.45) is 4.21. The van der Waals surface area contributed by atoms with E-state index in [9.17, 15) is 14.3 Å². The fourth-order valence-electron chi connectivity index (χ4n) is 5.50. The van der Waals surface area contributed by atoms with Gasteiger partial charge in [0.1, 0.15) is 5.82 Å². The maximum absolute atomic E-state index is 13.4. The first kappa shape index (κ1) is 23.5. The van der Waals surface area contributed by atoms with Crippen molar-refractivity contribution in [1.29, 1.82) is 0 Å². The van der Waals surface area contributed by atoms with Gasteiger partial charge in [0.2, 0.25) is 5.95 Å². The molecule has 37 heavy (non-hydrogen) atoms. The molecule has 10 nitrogen and oxygen atoms in total. The van der Waals surface area contributed by atoms with E-state index >= 15 is 0 Å². The van der Waals surface area contributed by atoms with Crippen LogP contribution in [-0.2, 0) is 13.0 Å². The monoisotopic (exact) mass is 504 g/mol. The van der Waals surface area contributed by atoms with Gasteiger partial charge in [0, 0.05) is 36.4 Å². The van der Waals surface area contributed by atoms with E-state index in [1.165, 1.54) is 12.4 Å². The molecule has 2 amide bonds. The third-order valence-electron chi connectivity index (χ3n) is 7.43. The highest BCUT2D eigenvalue weighted by molar-refractivity contribution is 5.89. The van der Waals surface area contributed by atoms with Gasteiger partial charge in [0.15, 0.2) is 11.6 Å². The summed E-state index contributed by atoms with van der Waals surface area (Å²) < 4.78 is 13.4. The third-order valence-corrected chi connectivity index (χ3v) is 7.43. The van der Waals surface area contributed by atoms with E-state index < -0.39 is 5.82 Å². The van der Waals surface area contributed by atoms with Gasteiger partial charge in [-0.15, -0.1) is 0 Å². The number of carbonyl (C=O) groups is 1. The number of hydrogen-bond donors (Lipinski definition) is 3. The Bertz CT molecular complexity index is 1300. The number of benzene rings is 1. The van der Waals surface area contributed by atoms with Crippen molar-refractivity contribution in [1.82, 2.24) is 25.3 Å². The number of fused-ring (bicyclic) bond motifs is 2. The molecule has 6 rings (SSSR count). The number of aliphatic hydroxyl groups excluding tert-OH is 1. The Hall–Kier alpha value is -3.86. The molecule has 0 bridgehead atoms. The Balaban J connectivity index is 1.35. The van der Waals surface area contributed by atoms with Crippen LogP contribution in [0.3, 0.4) is 0 Å². The van der Waals surface area contributed by atoms with Crippen molar-refractivity contribution in [3.8, 4) is 11.4 Å². The summed E-state index contributed by atoms with van der Waals surface area (Å²) in [5.74, 6) is 2.59. The summed E-state index contributed by atoms with van der Waals surface area (Å²) in [4.78, 5) is 34.4. The van der Waals surface area contributed by atoms with Crippen molar-refractivity contribution in [3.63, 3.8) is 0 Å². The Labute approximate surface area is 214 Å². The van der Waals surface area contributed by atoms with Crippen molar-refractivity contribution in [2.45, 2.75) is 32.4 Å². The molecule has 0 spiro atoms. The van der Waals surface area contributed by atoms with Gasteiger partial charge < -0.3 is 25.5 Å². The number of piperidine rings is 1. The van der Waals surface area contributed by atoms with Gasteiger partial charge >= 0.3 is 6.03 Å². The molecule has 2 fully saturated rings. The van der Waals surface area contributed by atoms with Crippen LogP contribution in [0, 0.1) is 17.7 Å². The topological polar surface area (TPSA) is 119 Å². The molecule has 1 saturated heterocycles. The summed E-state index contributed by atoms with van der Waals surface area (Å²) in [5, 5.41) is 15.7. The summed E-state index contributed by atoms with van der Waals surface area (Å²) >= 11 is 0. The van der Waals surface area contributed by atoms with Gasteiger partial charge in [-0.05, 0) is 55.9 Å². The second-order valence-electron chi connectivity index (χ2n) is 9.79. The lowest BCUT2D eigenvalue weighted by atomic mass is 10.0. The molecule has 0 radical (unpaired) electrons. The lowest BCUT2D eigenvalue weighted by Gasteiger charge is -2.34. The number of hydrogen-bond acceptors (Lipinski definition) is 8. The Kier molecular flexibility index (Phi) is 6.07. The van der Waals surface area contributed by atoms with E-state index in [0.717, 1.165) is 35.6 Å². The largest absolute Gasteiger partial charge is 0.394 e. The van der Waals surface area contributed by atoms with Crippen LogP contribution in [0.4, 0.5) is 26.6 Å². The molecule has 3 aliphatic rings. The quantitative estimate of drug-likeness (QED) is 0.469. The molecule has 1 saturated carbocycles. The molecule has 3 aromatic rings. The minimum absolute atomic E-state index is 0.0685. The molecule has 2 aromatic heterocycles. The van der Waals surface area contributed by atoms with Gasteiger partial charge in [-0.2, -0.15) is 0 Å². The zero-order valence-electron chi connectivity index (χ0n) is 20.6. The number of aliphatic hydroxyl groups is 1. The molecule has 3 unspecified atom stereocenters. The molecular weight excluding hydrogens is 475 g/mol. The van der Waals surface area contributed by atoms with E-state index in [1.807, 2.05) is 36.1 Å². The number of amides is 2. The first-order valence-corrected chi connectivity index (χ1v) is 12.7. The number of nitrogens with one attached hydrogen (secondary N) is 2.